The van der Waals surface area contributed by atoms with Gasteiger partial charge < -0.3 is 9.47 Å². The number of carbonyl (C=O) groups excluding carboxylic acids is 1. The molecule has 6 nitrogen and oxygen atoms in total. The molecule has 5 rings (SSSR count). The molecule has 32 heavy (non-hydrogen) atoms. The number of hydrogen-bond donors (Lipinski definition) is 0. The highest BCUT2D eigenvalue weighted by molar-refractivity contribution is 6.08. The van der Waals surface area contributed by atoms with Gasteiger partial charge in [0.1, 0.15) is 5.82 Å². The molecule has 0 spiro atoms. The van der Waals surface area contributed by atoms with E-state index in [1.165, 1.54) is 12.1 Å². The van der Waals surface area contributed by atoms with Gasteiger partial charge in [-0.2, -0.15) is 0 Å². The molecule has 0 saturated carbocycles. The topological polar surface area (TPSA) is 54.3 Å². The molecule has 4 aromatic rings. The Morgan fingerprint density at radius 3 is 2.38 bits per heavy atom. The summed E-state index contributed by atoms with van der Waals surface area (Å²) in [4.78, 5) is 26.3. The van der Waals surface area contributed by atoms with E-state index in [1.54, 1.807) is 24.5 Å². The van der Waals surface area contributed by atoms with E-state index in [0.29, 0.717) is 12.0 Å². The van der Waals surface area contributed by atoms with Gasteiger partial charge in [0.25, 0.3) is 0 Å². The molecule has 0 N–H and O–H groups in total. The van der Waals surface area contributed by atoms with Crippen LogP contribution in [-0.2, 0) is 0 Å². The number of benzene rings is 2. The van der Waals surface area contributed by atoms with E-state index < -0.39 is 0 Å². The molecule has 0 unspecified atom stereocenters. The van der Waals surface area contributed by atoms with Crippen molar-refractivity contribution < 1.29 is 9.18 Å². The molecule has 0 aliphatic carbocycles. The number of rotatable bonds is 6. The number of nitrogens with zero attached hydrogens (tertiary/aromatic N) is 5. The molecule has 1 aliphatic rings. The van der Waals surface area contributed by atoms with Gasteiger partial charge in [0, 0.05) is 74.4 Å². The molecule has 0 amide bonds. The fourth-order valence-electron chi connectivity index (χ4n) is 4.24. The molecular weight excluding hydrogens is 405 g/mol. The van der Waals surface area contributed by atoms with E-state index in [4.69, 9.17) is 0 Å². The minimum absolute atomic E-state index is 0.121. The Balaban J connectivity index is 1.27. The zero-order chi connectivity index (χ0) is 21.9. The summed E-state index contributed by atoms with van der Waals surface area (Å²) in [6.07, 6.45) is 5.86. The maximum atomic E-state index is 13.4. The number of Topliss-reactive ketones (excluding diaryl/α,β-unsaturated/α-hetero) is 1. The van der Waals surface area contributed by atoms with Gasteiger partial charge in [0.15, 0.2) is 5.78 Å². The summed E-state index contributed by atoms with van der Waals surface area (Å²) in [6.45, 7) is 4.17. The highest BCUT2D eigenvalue weighted by Gasteiger charge is 2.21. The van der Waals surface area contributed by atoms with Gasteiger partial charge in [-0.05, 0) is 36.4 Å². The Kier molecular flexibility index (Phi) is 5.64. The summed E-state index contributed by atoms with van der Waals surface area (Å²) >= 11 is 0. The Bertz CT molecular complexity index is 1210. The number of piperazine rings is 1. The van der Waals surface area contributed by atoms with E-state index in [2.05, 4.69) is 19.8 Å². The van der Waals surface area contributed by atoms with Gasteiger partial charge in [0.05, 0.1) is 5.52 Å². The van der Waals surface area contributed by atoms with Crippen LogP contribution in [0.15, 0.2) is 73.2 Å². The third-order valence-electron chi connectivity index (χ3n) is 5.98. The Labute approximate surface area is 185 Å². The average molecular weight is 429 g/mol. The number of ketones is 1. The van der Waals surface area contributed by atoms with Gasteiger partial charge in [-0.3, -0.25) is 9.69 Å². The number of hydrogen-bond acceptors (Lipinski definition) is 5. The predicted molar refractivity (Wildman–Crippen MR) is 123 cm³/mol. The number of fused-ring (bicyclic) bond motifs is 1. The van der Waals surface area contributed by atoms with Crippen LogP contribution in [-0.4, -0.2) is 57.9 Å². The van der Waals surface area contributed by atoms with Crippen molar-refractivity contribution >= 4 is 22.6 Å². The fourth-order valence-corrected chi connectivity index (χ4v) is 4.24. The lowest BCUT2D eigenvalue weighted by atomic mass is 10.1. The van der Waals surface area contributed by atoms with Crippen molar-refractivity contribution in [2.75, 3.05) is 37.6 Å². The second-order valence-corrected chi connectivity index (χ2v) is 7.96. The monoisotopic (exact) mass is 429 g/mol. The summed E-state index contributed by atoms with van der Waals surface area (Å²) in [7, 11) is 0. The molecule has 3 heterocycles. The van der Waals surface area contributed by atoms with Crippen LogP contribution >= 0.6 is 0 Å². The summed E-state index contributed by atoms with van der Waals surface area (Å²) < 4.78 is 15.3. The molecule has 2 aromatic carbocycles. The molecule has 1 fully saturated rings. The van der Waals surface area contributed by atoms with Crippen LogP contribution in [0.25, 0.3) is 16.6 Å². The maximum Gasteiger partial charge on any atom is 0.225 e. The first kappa shape index (κ1) is 20.3. The Hall–Kier alpha value is -3.58. The van der Waals surface area contributed by atoms with E-state index in [9.17, 15) is 9.18 Å². The lowest BCUT2D eigenvalue weighted by molar-refractivity contribution is 0.0964. The summed E-state index contributed by atoms with van der Waals surface area (Å²) in [5.41, 5.74) is 2.49. The van der Waals surface area contributed by atoms with Crippen molar-refractivity contribution in [1.29, 1.82) is 0 Å². The molecule has 2 aromatic heterocycles. The third-order valence-corrected chi connectivity index (χ3v) is 5.98. The number of halogens is 1. The normalized spacial score (nSPS) is 14.7. The van der Waals surface area contributed by atoms with E-state index in [0.717, 1.165) is 55.3 Å². The number of para-hydroxylation sites is 1. The van der Waals surface area contributed by atoms with Crippen LogP contribution in [0.3, 0.4) is 0 Å². The molecule has 7 heteroatoms. The first-order valence-corrected chi connectivity index (χ1v) is 10.8. The summed E-state index contributed by atoms with van der Waals surface area (Å²) in [5.74, 6) is 0.605. The zero-order valence-electron chi connectivity index (χ0n) is 17.7. The van der Waals surface area contributed by atoms with Crippen LogP contribution in [0.5, 0.6) is 0 Å². The van der Waals surface area contributed by atoms with Crippen molar-refractivity contribution in [3.63, 3.8) is 0 Å². The lowest BCUT2D eigenvalue weighted by Gasteiger charge is -2.34. The third kappa shape index (κ3) is 4.11. The average Bonchev–Trinajstić information content (AvgIpc) is 3.24. The first-order valence-electron chi connectivity index (χ1n) is 10.8. The lowest BCUT2D eigenvalue weighted by Crippen LogP contribution is -2.47. The Morgan fingerprint density at radius 2 is 1.62 bits per heavy atom. The number of carbonyl (C=O) groups is 1. The highest BCUT2D eigenvalue weighted by Crippen LogP contribution is 2.26. The maximum absolute atomic E-state index is 13.4. The van der Waals surface area contributed by atoms with Gasteiger partial charge in [-0.25, -0.2) is 14.4 Å². The van der Waals surface area contributed by atoms with Crippen LogP contribution in [0.1, 0.15) is 16.8 Å². The molecule has 0 bridgehead atoms. The first-order chi connectivity index (χ1) is 15.7. The van der Waals surface area contributed by atoms with Crippen molar-refractivity contribution in [1.82, 2.24) is 19.4 Å². The van der Waals surface area contributed by atoms with Crippen molar-refractivity contribution in [2.45, 2.75) is 6.42 Å². The second-order valence-electron chi connectivity index (χ2n) is 7.96. The fraction of sp³-hybridized carbons (Fsp3) is 0.240. The molecular formula is C25H24FN5O. The highest BCUT2D eigenvalue weighted by atomic mass is 19.1. The minimum Gasteiger partial charge on any atom is -0.338 e. The molecule has 1 aliphatic heterocycles. The van der Waals surface area contributed by atoms with Crippen LogP contribution in [0.4, 0.5) is 10.3 Å². The minimum atomic E-state index is -0.277. The number of aromatic nitrogens is 3. The zero-order valence-corrected chi connectivity index (χ0v) is 17.7. The molecule has 0 atom stereocenters. The summed E-state index contributed by atoms with van der Waals surface area (Å²) in [5, 5.41) is 0.924. The SMILES string of the molecule is O=C(CCN1CCN(c2ncccn2)CC1)c1cn(-c2ccc(F)cc2)c2ccccc12. The van der Waals surface area contributed by atoms with Crippen LogP contribution in [0.2, 0.25) is 0 Å². The second kappa shape index (κ2) is 8.88. The van der Waals surface area contributed by atoms with Gasteiger partial charge in [-0.1, -0.05) is 18.2 Å². The molecule has 0 radical (unpaired) electrons. The smallest absolute Gasteiger partial charge is 0.225 e. The summed E-state index contributed by atoms with van der Waals surface area (Å²) in [6, 6.07) is 16.0. The standard InChI is InChI=1S/C25H24FN5O/c26-19-6-8-20(9-7-19)31-18-22(21-4-1-2-5-23(21)31)24(32)10-13-29-14-16-30(17-15-29)25-27-11-3-12-28-25/h1-9,11-12,18H,10,13-17H2. The number of anilines is 1. The van der Waals surface area contributed by atoms with Crippen molar-refractivity contribution in [3.8, 4) is 5.69 Å². The van der Waals surface area contributed by atoms with Crippen LogP contribution in [0, 0.1) is 5.82 Å². The molecule has 162 valence electrons. The van der Waals surface area contributed by atoms with Crippen molar-refractivity contribution in [3.05, 3.63) is 84.6 Å². The van der Waals surface area contributed by atoms with Gasteiger partial charge in [-0.15, -0.1) is 0 Å². The quantitative estimate of drug-likeness (QED) is 0.435. The van der Waals surface area contributed by atoms with E-state index in [1.807, 2.05) is 41.1 Å². The van der Waals surface area contributed by atoms with Gasteiger partial charge in [0.2, 0.25) is 5.95 Å². The van der Waals surface area contributed by atoms with E-state index in [-0.39, 0.29) is 11.6 Å². The largest absolute Gasteiger partial charge is 0.338 e. The predicted octanol–water partition coefficient (Wildman–Crippen LogP) is 3.95. The van der Waals surface area contributed by atoms with Crippen molar-refractivity contribution in [2.24, 2.45) is 0 Å². The molecule has 1 saturated heterocycles. The van der Waals surface area contributed by atoms with Gasteiger partial charge >= 0.3 is 0 Å². The van der Waals surface area contributed by atoms with E-state index >= 15 is 0 Å². The Morgan fingerprint density at radius 1 is 0.906 bits per heavy atom. The van der Waals surface area contributed by atoms with Crippen LogP contribution < -0.4 is 4.90 Å².